The molecule has 42 heavy (non-hydrogen) atoms. The van der Waals surface area contributed by atoms with Gasteiger partial charge in [-0.2, -0.15) is 0 Å². The standard InChI is InChI=1S/C34H37Cl2N2O4/c1-22-29(33(39)41-4)31(27-16-11-17-28(35)32(27)36)30(34(40)42-21-19-37)23(2)38(22,3)20-18-26(24-12-7-5-8-13-24)25-14-9-6-10-15-25/h5-17,26,31H,18-21,37H2,1-4H3/q+1. The van der Waals surface area contributed by atoms with Gasteiger partial charge in [-0.15, -0.1) is 0 Å². The highest BCUT2D eigenvalue weighted by atomic mass is 35.5. The van der Waals surface area contributed by atoms with E-state index in [-0.39, 0.29) is 28.6 Å². The third-order valence-electron chi connectivity index (χ3n) is 8.38. The largest absolute Gasteiger partial charge is 0.465 e. The number of hydrogen-bond donors (Lipinski definition) is 1. The first-order valence-electron chi connectivity index (χ1n) is 13.9. The Hall–Kier alpha value is -3.42. The fourth-order valence-electron chi connectivity index (χ4n) is 5.89. The number of rotatable bonds is 10. The molecule has 1 aliphatic heterocycles. The smallest absolute Gasteiger partial charge is 0.340 e. The van der Waals surface area contributed by atoms with Crippen molar-refractivity contribution in [3.8, 4) is 0 Å². The lowest BCUT2D eigenvalue weighted by atomic mass is 9.78. The van der Waals surface area contributed by atoms with Gasteiger partial charge in [-0.25, -0.2) is 9.59 Å². The lowest BCUT2D eigenvalue weighted by Gasteiger charge is -2.43. The van der Waals surface area contributed by atoms with Gasteiger partial charge in [0.15, 0.2) is 0 Å². The highest BCUT2D eigenvalue weighted by molar-refractivity contribution is 6.42. The maximum atomic E-state index is 13.8. The molecule has 220 valence electrons. The molecule has 0 aromatic heterocycles. The van der Waals surface area contributed by atoms with Gasteiger partial charge in [0, 0.05) is 32.7 Å². The van der Waals surface area contributed by atoms with Gasteiger partial charge in [-0.3, -0.25) is 4.48 Å². The van der Waals surface area contributed by atoms with Crippen LogP contribution in [-0.4, -0.2) is 50.3 Å². The molecule has 4 rings (SSSR count). The Morgan fingerprint density at radius 1 is 0.857 bits per heavy atom. The average Bonchev–Trinajstić information content (AvgIpc) is 3.01. The van der Waals surface area contributed by atoms with E-state index in [1.54, 1.807) is 18.2 Å². The summed E-state index contributed by atoms with van der Waals surface area (Å²) in [5.74, 6) is -1.84. The van der Waals surface area contributed by atoms with E-state index < -0.39 is 17.9 Å². The summed E-state index contributed by atoms with van der Waals surface area (Å²) in [4.78, 5) is 27.3. The van der Waals surface area contributed by atoms with E-state index in [1.165, 1.54) is 18.2 Å². The third-order valence-corrected chi connectivity index (χ3v) is 9.21. The number of esters is 2. The molecule has 2 atom stereocenters. The van der Waals surface area contributed by atoms with Crippen LogP contribution in [0, 0.1) is 0 Å². The zero-order valence-electron chi connectivity index (χ0n) is 24.4. The second-order valence-corrected chi connectivity index (χ2v) is 11.4. The van der Waals surface area contributed by atoms with E-state index >= 15 is 0 Å². The molecule has 2 unspecified atom stereocenters. The van der Waals surface area contributed by atoms with E-state index in [1.807, 2.05) is 57.3 Å². The minimum absolute atomic E-state index is 0.0374. The fourth-order valence-corrected chi connectivity index (χ4v) is 6.31. The summed E-state index contributed by atoms with van der Waals surface area (Å²) < 4.78 is 11.1. The Bertz CT molecular complexity index is 1460. The summed E-state index contributed by atoms with van der Waals surface area (Å²) in [6, 6.07) is 25.9. The van der Waals surface area contributed by atoms with Gasteiger partial charge in [-0.1, -0.05) is 96.0 Å². The molecule has 1 heterocycles. The minimum atomic E-state index is -0.834. The van der Waals surface area contributed by atoms with E-state index in [0.29, 0.717) is 28.3 Å². The second-order valence-electron chi connectivity index (χ2n) is 10.6. The predicted octanol–water partition coefficient (Wildman–Crippen LogP) is 6.98. The number of quaternary nitrogens is 1. The molecule has 3 aromatic rings. The van der Waals surface area contributed by atoms with Crippen molar-refractivity contribution in [3.63, 3.8) is 0 Å². The summed E-state index contributed by atoms with van der Waals surface area (Å²) in [7, 11) is 3.36. The summed E-state index contributed by atoms with van der Waals surface area (Å²) >= 11 is 13.1. The van der Waals surface area contributed by atoms with Crippen LogP contribution in [0.15, 0.2) is 101 Å². The quantitative estimate of drug-likeness (QED) is 0.199. The van der Waals surface area contributed by atoms with Gasteiger partial charge in [0.2, 0.25) is 0 Å². The lowest BCUT2D eigenvalue weighted by Crippen LogP contribution is -2.48. The number of nitrogens with two attached hydrogens (primary N) is 1. The number of nitrogens with zero attached hydrogens (tertiary/aromatic N) is 1. The Morgan fingerprint density at radius 2 is 1.40 bits per heavy atom. The maximum absolute atomic E-state index is 13.8. The Morgan fingerprint density at radius 3 is 1.93 bits per heavy atom. The average molecular weight is 609 g/mol. The molecule has 2 N–H and O–H groups in total. The normalized spacial score (nSPS) is 18.8. The highest BCUT2D eigenvalue weighted by Gasteiger charge is 2.48. The number of carbonyl (C=O) groups is 2. The number of benzene rings is 3. The zero-order valence-corrected chi connectivity index (χ0v) is 25.9. The van der Waals surface area contributed by atoms with Crippen LogP contribution in [0.4, 0.5) is 0 Å². The summed E-state index contributed by atoms with van der Waals surface area (Å²) in [6.45, 7) is 4.64. The van der Waals surface area contributed by atoms with Crippen LogP contribution >= 0.6 is 23.2 Å². The first-order chi connectivity index (χ1) is 20.2. The molecule has 0 aliphatic carbocycles. The molecule has 6 nitrogen and oxygen atoms in total. The van der Waals surface area contributed by atoms with Crippen LogP contribution in [0.5, 0.6) is 0 Å². The van der Waals surface area contributed by atoms with Crippen LogP contribution < -0.4 is 5.73 Å². The van der Waals surface area contributed by atoms with Crippen molar-refractivity contribution in [2.75, 3.05) is 33.9 Å². The number of ether oxygens (including phenoxy) is 2. The van der Waals surface area contributed by atoms with E-state index in [9.17, 15) is 9.59 Å². The molecule has 0 saturated carbocycles. The number of methoxy groups -OCH3 is 1. The van der Waals surface area contributed by atoms with Crippen LogP contribution in [-0.2, 0) is 19.1 Å². The van der Waals surface area contributed by atoms with Gasteiger partial charge >= 0.3 is 11.9 Å². The third kappa shape index (κ3) is 6.18. The van der Waals surface area contributed by atoms with Gasteiger partial charge in [0.1, 0.15) is 29.1 Å². The van der Waals surface area contributed by atoms with Crippen molar-refractivity contribution in [1.29, 1.82) is 0 Å². The summed E-state index contributed by atoms with van der Waals surface area (Å²) in [5.41, 5.74) is 10.8. The topological polar surface area (TPSA) is 78.6 Å². The minimum Gasteiger partial charge on any atom is -0.465 e. The summed E-state index contributed by atoms with van der Waals surface area (Å²) in [6.07, 6.45) is 0.737. The number of carbonyl (C=O) groups excluding carboxylic acids is 2. The van der Waals surface area contributed by atoms with Gasteiger partial charge in [-0.05, 0) is 22.8 Å². The molecule has 0 radical (unpaired) electrons. The molecule has 3 aromatic carbocycles. The Labute approximate surface area is 257 Å². The van der Waals surface area contributed by atoms with Crippen molar-refractivity contribution < 1.29 is 23.5 Å². The molecule has 0 bridgehead atoms. The van der Waals surface area contributed by atoms with E-state index in [2.05, 4.69) is 24.3 Å². The molecule has 0 spiro atoms. The monoisotopic (exact) mass is 607 g/mol. The van der Waals surface area contributed by atoms with Gasteiger partial charge < -0.3 is 15.2 Å². The lowest BCUT2D eigenvalue weighted by molar-refractivity contribution is -0.836. The van der Waals surface area contributed by atoms with E-state index in [4.69, 9.17) is 38.4 Å². The van der Waals surface area contributed by atoms with Crippen LogP contribution in [0.3, 0.4) is 0 Å². The number of halogens is 2. The van der Waals surface area contributed by atoms with Crippen molar-refractivity contribution in [1.82, 2.24) is 0 Å². The van der Waals surface area contributed by atoms with Crippen molar-refractivity contribution in [2.24, 2.45) is 5.73 Å². The number of allylic oxidation sites excluding steroid dienone is 2. The van der Waals surface area contributed by atoms with Crippen molar-refractivity contribution >= 4 is 35.1 Å². The SMILES string of the molecule is COC(=O)C1=C(C)[N+](C)(CCC(c2ccccc2)c2ccccc2)C(C)=C(C(=O)OCCN)C1c1cccc(Cl)c1Cl. The molecule has 0 fully saturated rings. The molecule has 8 heteroatoms. The van der Waals surface area contributed by atoms with Crippen LogP contribution in [0.25, 0.3) is 0 Å². The second kappa shape index (κ2) is 13.7. The van der Waals surface area contributed by atoms with Gasteiger partial charge in [0.05, 0.1) is 36.7 Å². The summed E-state index contributed by atoms with van der Waals surface area (Å²) in [5, 5.41) is 0.583. The Kier molecular flexibility index (Phi) is 10.3. The molecular formula is C34H37Cl2N2O4+. The Balaban J connectivity index is 1.90. The molecular weight excluding hydrogens is 571 g/mol. The maximum Gasteiger partial charge on any atom is 0.340 e. The molecule has 0 saturated heterocycles. The zero-order chi connectivity index (χ0) is 30.4. The fraction of sp³-hybridized carbons (Fsp3) is 0.294. The van der Waals surface area contributed by atoms with Crippen molar-refractivity contribution in [3.05, 3.63) is 128 Å². The predicted molar refractivity (Wildman–Crippen MR) is 167 cm³/mol. The first kappa shape index (κ1) is 31.5. The van der Waals surface area contributed by atoms with Gasteiger partial charge in [0.25, 0.3) is 0 Å². The van der Waals surface area contributed by atoms with Crippen LogP contribution in [0.1, 0.15) is 48.8 Å². The van der Waals surface area contributed by atoms with Crippen molar-refractivity contribution in [2.45, 2.75) is 32.1 Å². The molecule has 0 amide bonds. The van der Waals surface area contributed by atoms with E-state index in [0.717, 1.165) is 17.8 Å². The number of hydrogen-bond acceptors (Lipinski definition) is 5. The highest BCUT2D eigenvalue weighted by Crippen LogP contribution is 2.49. The molecule has 1 aliphatic rings. The van der Waals surface area contributed by atoms with Crippen LogP contribution in [0.2, 0.25) is 10.0 Å². The first-order valence-corrected chi connectivity index (χ1v) is 14.7.